The average Bonchev–Trinajstić information content (AvgIpc) is 3.19. The van der Waals surface area contributed by atoms with Crippen molar-refractivity contribution in [2.24, 2.45) is 5.92 Å². The van der Waals surface area contributed by atoms with Gasteiger partial charge in [-0.2, -0.15) is 4.98 Å². The van der Waals surface area contributed by atoms with Crippen molar-refractivity contribution in [1.29, 1.82) is 0 Å². The minimum Gasteiger partial charge on any atom is -0.497 e. The summed E-state index contributed by atoms with van der Waals surface area (Å²) in [7, 11) is 3.42. The predicted octanol–water partition coefficient (Wildman–Crippen LogP) is 2.87. The number of nitrogens with one attached hydrogen (secondary N) is 1. The lowest BCUT2D eigenvalue weighted by Gasteiger charge is -2.27. The number of ether oxygens (including phenoxy) is 2. The van der Waals surface area contributed by atoms with Crippen molar-refractivity contribution in [3.8, 4) is 17.1 Å². The lowest BCUT2D eigenvalue weighted by molar-refractivity contribution is 0.0584. The van der Waals surface area contributed by atoms with E-state index < -0.39 is 0 Å². The molecule has 27 heavy (non-hydrogen) atoms. The highest BCUT2D eigenvalue weighted by atomic mass is 16.5. The molecule has 0 saturated carbocycles. The predicted molar refractivity (Wildman–Crippen MR) is 99.4 cm³/mol. The number of carbonyl (C=O) groups excluding carboxylic acids is 1. The molecule has 1 aliphatic heterocycles. The molecule has 1 N–H and O–H groups in total. The Labute approximate surface area is 158 Å². The SMILES string of the molecule is COc1ccc(-c2noc([C@@H](C)NC(=O)N(C)CC3CCOCC3)n2)cc1. The highest BCUT2D eigenvalue weighted by Crippen LogP contribution is 2.22. The van der Waals surface area contributed by atoms with Crippen molar-refractivity contribution in [3.63, 3.8) is 0 Å². The van der Waals surface area contributed by atoms with Crippen molar-refractivity contribution in [1.82, 2.24) is 20.4 Å². The molecule has 2 amide bonds. The molecule has 0 bridgehead atoms. The Kier molecular flexibility index (Phi) is 6.28. The average molecular weight is 374 g/mol. The first-order valence-electron chi connectivity index (χ1n) is 9.14. The fraction of sp³-hybridized carbons (Fsp3) is 0.526. The van der Waals surface area contributed by atoms with E-state index >= 15 is 0 Å². The fourth-order valence-corrected chi connectivity index (χ4v) is 3.02. The van der Waals surface area contributed by atoms with Gasteiger partial charge < -0.3 is 24.2 Å². The van der Waals surface area contributed by atoms with Gasteiger partial charge in [0.2, 0.25) is 11.7 Å². The van der Waals surface area contributed by atoms with Crippen LogP contribution in [0.3, 0.4) is 0 Å². The summed E-state index contributed by atoms with van der Waals surface area (Å²) in [5, 5.41) is 6.91. The number of urea groups is 1. The number of hydrogen-bond acceptors (Lipinski definition) is 6. The molecule has 2 aromatic rings. The summed E-state index contributed by atoms with van der Waals surface area (Å²) in [6.45, 7) is 4.08. The summed E-state index contributed by atoms with van der Waals surface area (Å²) >= 11 is 0. The molecule has 1 fully saturated rings. The van der Waals surface area contributed by atoms with Gasteiger partial charge in [-0.15, -0.1) is 0 Å². The second-order valence-corrected chi connectivity index (χ2v) is 6.79. The van der Waals surface area contributed by atoms with Gasteiger partial charge in [0.05, 0.1) is 7.11 Å². The Morgan fingerprint density at radius 1 is 1.33 bits per heavy atom. The maximum Gasteiger partial charge on any atom is 0.317 e. The summed E-state index contributed by atoms with van der Waals surface area (Å²) < 4.78 is 15.8. The van der Waals surface area contributed by atoms with Crippen molar-refractivity contribution in [2.45, 2.75) is 25.8 Å². The first-order valence-corrected chi connectivity index (χ1v) is 9.14. The zero-order valence-corrected chi connectivity index (χ0v) is 16.0. The van der Waals surface area contributed by atoms with Crippen LogP contribution >= 0.6 is 0 Å². The number of nitrogens with zero attached hydrogens (tertiary/aromatic N) is 3. The number of amides is 2. The van der Waals surface area contributed by atoms with Crippen LogP contribution in [0.5, 0.6) is 5.75 Å². The quantitative estimate of drug-likeness (QED) is 0.836. The van der Waals surface area contributed by atoms with E-state index in [1.165, 1.54) is 0 Å². The molecular formula is C19H26N4O4. The maximum atomic E-state index is 12.4. The van der Waals surface area contributed by atoms with Crippen molar-refractivity contribution in [3.05, 3.63) is 30.2 Å². The van der Waals surface area contributed by atoms with E-state index in [9.17, 15) is 4.79 Å². The normalized spacial score (nSPS) is 16.0. The lowest BCUT2D eigenvalue weighted by atomic mass is 10.00. The van der Waals surface area contributed by atoms with Gasteiger partial charge in [0.15, 0.2) is 0 Å². The molecule has 1 aromatic carbocycles. The van der Waals surface area contributed by atoms with Gasteiger partial charge in [0.1, 0.15) is 11.8 Å². The fourth-order valence-electron chi connectivity index (χ4n) is 3.02. The van der Waals surface area contributed by atoms with Gasteiger partial charge in [0, 0.05) is 32.4 Å². The van der Waals surface area contributed by atoms with Crippen LogP contribution in [-0.4, -0.2) is 55.0 Å². The Morgan fingerprint density at radius 3 is 2.70 bits per heavy atom. The molecule has 0 aliphatic carbocycles. The van der Waals surface area contributed by atoms with Gasteiger partial charge >= 0.3 is 6.03 Å². The number of aromatic nitrogens is 2. The van der Waals surface area contributed by atoms with Crippen LogP contribution in [0, 0.1) is 5.92 Å². The van der Waals surface area contributed by atoms with Crippen LogP contribution in [0.4, 0.5) is 4.79 Å². The minimum absolute atomic E-state index is 0.154. The molecule has 1 atom stereocenters. The molecule has 1 saturated heterocycles. The minimum atomic E-state index is -0.380. The topological polar surface area (TPSA) is 89.7 Å². The lowest BCUT2D eigenvalue weighted by Crippen LogP contribution is -2.41. The third kappa shape index (κ3) is 4.97. The van der Waals surface area contributed by atoms with E-state index in [1.807, 2.05) is 31.2 Å². The first kappa shape index (κ1) is 19.2. The first-order chi connectivity index (χ1) is 13.1. The molecule has 1 aromatic heterocycles. The van der Waals surface area contributed by atoms with Crippen LogP contribution in [0.25, 0.3) is 11.4 Å². The van der Waals surface area contributed by atoms with E-state index in [4.69, 9.17) is 14.0 Å². The van der Waals surface area contributed by atoms with E-state index in [1.54, 1.807) is 19.1 Å². The third-order valence-electron chi connectivity index (χ3n) is 4.72. The van der Waals surface area contributed by atoms with Crippen LogP contribution in [-0.2, 0) is 4.74 Å². The second kappa shape index (κ2) is 8.85. The standard InChI is InChI=1S/C19H26N4O4/c1-13(20-19(24)23(2)12-14-8-10-26-11-9-14)18-21-17(22-27-18)15-4-6-16(25-3)7-5-15/h4-7,13-14H,8-12H2,1-3H3,(H,20,24)/t13-/m1/s1. The molecule has 0 spiro atoms. The molecule has 0 radical (unpaired) electrons. The molecule has 2 heterocycles. The summed E-state index contributed by atoms with van der Waals surface area (Å²) in [5.74, 6) is 2.09. The molecule has 3 rings (SSSR count). The molecule has 0 unspecified atom stereocenters. The highest BCUT2D eigenvalue weighted by Gasteiger charge is 2.22. The maximum absolute atomic E-state index is 12.4. The Hall–Kier alpha value is -2.61. The monoisotopic (exact) mass is 374 g/mol. The zero-order chi connectivity index (χ0) is 19.2. The largest absolute Gasteiger partial charge is 0.497 e. The number of hydrogen-bond donors (Lipinski definition) is 1. The molecule has 8 nitrogen and oxygen atoms in total. The smallest absolute Gasteiger partial charge is 0.317 e. The van der Waals surface area contributed by atoms with Gasteiger partial charge in [-0.3, -0.25) is 0 Å². The van der Waals surface area contributed by atoms with E-state index in [-0.39, 0.29) is 12.1 Å². The van der Waals surface area contributed by atoms with Gasteiger partial charge in [0.25, 0.3) is 0 Å². The van der Waals surface area contributed by atoms with Gasteiger partial charge in [-0.25, -0.2) is 4.79 Å². The van der Waals surface area contributed by atoms with Crippen LogP contribution < -0.4 is 10.1 Å². The van der Waals surface area contributed by atoms with E-state index in [0.29, 0.717) is 24.2 Å². The Bertz CT molecular complexity index is 740. The van der Waals surface area contributed by atoms with Crippen molar-refractivity contribution in [2.75, 3.05) is 33.9 Å². The zero-order valence-electron chi connectivity index (χ0n) is 16.0. The van der Waals surface area contributed by atoms with Gasteiger partial charge in [-0.1, -0.05) is 5.16 Å². The number of benzene rings is 1. The number of rotatable bonds is 6. The van der Waals surface area contributed by atoms with Crippen molar-refractivity contribution >= 4 is 6.03 Å². The molecule has 146 valence electrons. The summed E-state index contributed by atoms with van der Waals surface area (Å²) in [6.07, 6.45) is 1.98. The number of methoxy groups -OCH3 is 1. The van der Waals surface area contributed by atoms with E-state index in [2.05, 4.69) is 15.5 Å². The Morgan fingerprint density at radius 2 is 2.04 bits per heavy atom. The molecule has 1 aliphatic rings. The summed E-state index contributed by atoms with van der Waals surface area (Å²) in [4.78, 5) is 18.5. The van der Waals surface area contributed by atoms with Crippen LogP contribution in [0.2, 0.25) is 0 Å². The number of carbonyl (C=O) groups is 1. The summed E-state index contributed by atoms with van der Waals surface area (Å²) in [5.41, 5.74) is 0.820. The second-order valence-electron chi connectivity index (χ2n) is 6.79. The highest BCUT2D eigenvalue weighted by molar-refractivity contribution is 5.74. The van der Waals surface area contributed by atoms with Crippen LogP contribution in [0.1, 0.15) is 31.7 Å². The third-order valence-corrected chi connectivity index (χ3v) is 4.72. The van der Waals surface area contributed by atoms with Crippen molar-refractivity contribution < 1.29 is 18.8 Å². The molecule has 8 heteroatoms. The molecular weight excluding hydrogens is 348 g/mol. The Balaban J connectivity index is 1.56. The summed E-state index contributed by atoms with van der Waals surface area (Å²) in [6, 6.07) is 6.85. The van der Waals surface area contributed by atoms with E-state index in [0.717, 1.165) is 37.4 Å². The van der Waals surface area contributed by atoms with Crippen LogP contribution in [0.15, 0.2) is 28.8 Å². The van der Waals surface area contributed by atoms with Gasteiger partial charge in [-0.05, 0) is 49.9 Å².